The molecule has 0 aliphatic rings. The first kappa shape index (κ1) is 7.18. The molecule has 0 unspecified atom stereocenters. The van der Waals surface area contributed by atoms with Gasteiger partial charge in [-0.05, 0) is 22.9 Å². The van der Waals surface area contributed by atoms with Crippen LogP contribution >= 0.6 is 27.3 Å². The van der Waals surface area contributed by atoms with Crippen LogP contribution in [0.5, 0.6) is 0 Å². The molecule has 1 heterocycles. The lowest BCUT2D eigenvalue weighted by molar-refractivity contribution is 0.281. The van der Waals surface area contributed by atoms with Crippen LogP contribution in [-0.4, -0.2) is 10.1 Å². The smallest absolute Gasteiger partial charge is 0.120 e. The minimum atomic E-state index is 0.0388. The number of aromatic nitrogens is 1. The summed E-state index contributed by atoms with van der Waals surface area (Å²) in [4.78, 5) is 5.12. The topological polar surface area (TPSA) is 33.1 Å². The summed E-state index contributed by atoms with van der Waals surface area (Å²) in [7, 11) is 0. The van der Waals surface area contributed by atoms with Gasteiger partial charge in [0.1, 0.15) is 9.61 Å². The van der Waals surface area contributed by atoms with Gasteiger partial charge in [0.05, 0.1) is 6.61 Å². The van der Waals surface area contributed by atoms with Crippen LogP contribution in [0.2, 0.25) is 0 Å². The normalized spacial score (nSPS) is 10.1. The molecule has 0 atom stereocenters. The molecule has 0 saturated heterocycles. The quantitative estimate of drug-likeness (QED) is 0.761. The Balaban J connectivity index is 2.98. The summed E-state index contributed by atoms with van der Waals surface area (Å²) in [5.74, 6) is 0. The van der Waals surface area contributed by atoms with Crippen molar-refractivity contribution < 1.29 is 5.11 Å². The van der Waals surface area contributed by atoms with Gasteiger partial charge in [0.2, 0.25) is 0 Å². The fourth-order valence-corrected chi connectivity index (χ4v) is 1.76. The Morgan fingerprint density at radius 2 is 2.44 bits per heavy atom. The molecule has 0 fully saturated rings. The van der Waals surface area contributed by atoms with Crippen LogP contribution in [0.3, 0.4) is 0 Å². The summed E-state index contributed by atoms with van der Waals surface area (Å²) in [6.45, 7) is 2.00. The van der Waals surface area contributed by atoms with Gasteiger partial charge in [-0.3, -0.25) is 0 Å². The fraction of sp³-hybridized carbons (Fsp3) is 0.400. The maximum absolute atomic E-state index is 8.60. The van der Waals surface area contributed by atoms with E-state index in [9.17, 15) is 0 Å². The van der Waals surface area contributed by atoms with Crippen LogP contribution in [0.1, 0.15) is 9.88 Å². The Labute approximate surface area is 65.7 Å². The summed E-state index contributed by atoms with van der Waals surface area (Å²) in [5.41, 5.74) is 0. The molecule has 0 bridgehead atoms. The Bertz CT molecular complexity index is 191. The van der Waals surface area contributed by atoms with Crippen molar-refractivity contribution in [3.63, 3.8) is 0 Å². The number of aryl methyl sites for hydroxylation is 1. The number of rotatable bonds is 1. The van der Waals surface area contributed by atoms with Crippen molar-refractivity contribution in [2.24, 2.45) is 0 Å². The average molecular weight is 208 g/mol. The molecule has 0 aromatic carbocycles. The van der Waals surface area contributed by atoms with Gasteiger partial charge >= 0.3 is 0 Å². The zero-order chi connectivity index (χ0) is 6.85. The third-order valence-corrected chi connectivity index (χ3v) is 2.91. The first-order valence-electron chi connectivity index (χ1n) is 2.46. The third-order valence-electron chi connectivity index (χ3n) is 0.920. The van der Waals surface area contributed by atoms with Gasteiger partial charge < -0.3 is 5.11 Å². The van der Waals surface area contributed by atoms with Gasteiger partial charge in [0.15, 0.2) is 0 Å². The van der Waals surface area contributed by atoms with Crippen molar-refractivity contribution in [2.75, 3.05) is 0 Å². The molecule has 1 aromatic heterocycles. The summed E-state index contributed by atoms with van der Waals surface area (Å²) >= 11 is 4.75. The van der Waals surface area contributed by atoms with Crippen molar-refractivity contribution in [1.82, 2.24) is 4.98 Å². The maximum Gasteiger partial charge on any atom is 0.120 e. The minimum absolute atomic E-state index is 0.0388. The highest BCUT2D eigenvalue weighted by atomic mass is 79.9. The number of nitrogens with zero attached hydrogens (tertiary/aromatic N) is 1. The lowest BCUT2D eigenvalue weighted by Crippen LogP contribution is -1.77. The highest BCUT2D eigenvalue weighted by molar-refractivity contribution is 9.10. The molecule has 9 heavy (non-hydrogen) atoms. The largest absolute Gasteiger partial charge is 0.389 e. The van der Waals surface area contributed by atoms with Crippen molar-refractivity contribution in [2.45, 2.75) is 13.5 Å². The van der Waals surface area contributed by atoms with Gasteiger partial charge in [-0.25, -0.2) is 4.98 Å². The van der Waals surface area contributed by atoms with E-state index in [1.54, 1.807) is 0 Å². The molecule has 1 rings (SSSR count). The molecule has 0 saturated carbocycles. The Morgan fingerprint density at radius 3 is 2.67 bits per heavy atom. The molecule has 2 nitrogen and oxygen atoms in total. The average Bonchev–Trinajstić information content (AvgIpc) is 2.13. The summed E-state index contributed by atoms with van der Waals surface area (Å²) in [5, 5.41) is 9.37. The van der Waals surface area contributed by atoms with Crippen LogP contribution < -0.4 is 0 Å². The standard InChI is InChI=1S/C5H6BrNOS/c1-3-5(6)7-4(2-8)9-3/h8H,2H2,1H3. The molecule has 50 valence electrons. The minimum Gasteiger partial charge on any atom is -0.389 e. The van der Waals surface area contributed by atoms with E-state index in [1.165, 1.54) is 11.3 Å². The number of halogens is 1. The molecule has 0 aliphatic heterocycles. The SMILES string of the molecule is Cc1sc(CO)nc1Br. The fourth-order valence-electron chi connectivity index (χ4n) is 0.497. The zero-order valence-corrected chi connectivity index (χ0v) is 7.29. The number of hydrogen-bond acceptors (Lipinski definition) is 3. The molecule has 0 radical (unpaired) electrons. The maximum atomic E-state index is 8.60. The van der Waals surface area contributed by atoms with Gasteiger partial charge in [0.25, 0.3) is 0 Å². The molecule has 4 heteroatoms. The van der Waals surface area contributed by atoms with Gasteiger partial charge in [-0.2, -0.15) is 0 Å². The van der Waals surface area contributed by atoms with Crippen LogP contribution in [0.25, 0.3) is 0 Å². The van der Waals surface area contributed by atoms with E-state index in [4.69, 9.17) is 5.11 Å². The van der Waals surface area contributed by atoms with E-state index in [0.717, 1.165) is 14.5 Å². The Kier molecular flexibility index (Phi) is 2.21. The highest BCUT2D eigenvalue weighted by Gasteiger charge is 2.01. The van der Waals surface area contributed by atoms with Crippen molar-refractivity contribution >= 4 is 27.3 Å². The highest BCUT2D eigenvalue weighted by Crippen LogP contribution is 2.21. The van der Waals surface area contributed by atoms with E-state index < -0.39 is 0 Å². The Morgan fingerprint density at radius 1 is 1.78 bits per heavy atom. The monoisotopic (exact) mass is 207 g/mol. The van der Waals surface area contributed by atoms with E-state index in [1.807, 2.05) is 6.92 Å². The summed E-state index contributed by atoms with van der Waals surface area (Å²) in [6.07, 6.45) is 0. The van der Waals surface area contributed by atoms with Gasteiger partial charge in [-0.1, -0.05) is 0 Å². The second-order valence-corrected chi connectivity index (χ2v) is 3.65. The first-order valence-corrected chi connectivity index (χ1v) is 4.07. The number of hydrogen-bond donors (Lipinski definition) is 1. The van der Waals surface area contributed by atoms with Crippen molar-refractivity contribution in [1.29, 1.82) is 0 Å². The molecule has 1 N–H and O–H groups in total. The van der Waals surface area contributed by atoms with Crippen LogP contribution in [0.15, 0.2) is 4.60 Å². The molecular formula is C5H6BrNOS. The molecule has 0 amide bonds. The number of aliphatic hydroxyl groups is 1. The predicted molar refractivity (Wildman–Crippen MR) is 40.5 cm³/mol. The van der Waals surface area contributed by atoms with E-state index in [0.29, 0.717) is 0 Å². The predicted octanol–water partition coefficient (Wildman–Crippen LogP) is 1.71. The van der Waals surface area contributed by atoms with Crippen LogP contribution in [0.4, 0.5) is 0 Å². The van der Waals surface area contributed by atoms with Crippen molar-refractivity contribution in [3.05, 3.63) is 14.5 Å². The van der Waals surface area contributed by atoms with Crippen LogP contribution in [0, 0.1) is 6.92 Å². The Hall–Kier alpha value is 0.0700. The first-order chi connectivity index (χ1) is 4.24. The van der Waals surface area contributed by atoms with Gasteiger partial charge in [-0.15, -0.1) is 11.3 Å². The second-order valence-electron chi connectivity index (χ2n) is 1.61. The summed E-state index contributed by atoms with van der Waals surface area (Å²) < 4.78 is 0.844. The number of aliphatic hydroxyl groups excluding tert-OH is 1. The summed E-state index contributed by atoms with van der Waals surface area (Å²) in [6, 6.07) is 0. The van der Waals surface area contributed by atoms with Crippen LogP contribution in [-0.2, 0) is 6.61 Å². The lowest BCUT2D eigenvalue weighted by atomic mass is 10.6. The lowest BCUT2D eigenvalue weighted by Gasteiger charge is -1.78. The second kappa shape index (κ2) is 2.77. The van der Waals surface area contributed by atoms with Gasteiger partial charge in [0, 0.05) is 4.88 Å². The van der Waals surface area contributed by atoms with Crippen molar-refractivity contribution in [3.8, 4) is 0 Å². The number of thiazole rings is 1. The third kappa shape index (κ3) is 1.50. The zero-order valence-electron chi connectivity index (χ0n) is 4.89. The van der Waals surface area contributed by atoms with E-state index in [2.05, 4.69) is 20.9 Å². The van der Waals surface area contributed by atoms with E-state index >= 15 is 0 Å². The molecular weight excluding hydrogens is 202 g/mol. The molecule has 1 aromatic rings. The molecule has 0 spiro atoms. The molecule has 0 aliphatic carbocycles. The van der Waals surface area contributed by atoms with E-state index in [-0.39, 0.29) is 6.61 Å².